The van der Waals surface area contributed by atoms with Gasteiger partial charge in [-0.3, -0.25) is 4.99 Å². The molecule has 2 nitrogen and oxygen atoms in total. The van der Waals surface area contributed by atoms with Gasteiger partial charge in [-0.2, -0.15) is 0 Å². The normalized spacial score (nSPS) is 32.6. The van der Waals surface area contributed by atoms with Gasteiger partial charge in [-0.15, -0.1) is 0 Å². The van der Waals surface area contributed by atoms with E-state index in [0.29, 0.717) is 16.6 Å². The Morgan fingerprint density at radius 3 is 3.06 bits per heavy atom. The van der Waals surface area contributed by atoms with Gasteiger partial charge in [0.15, 0.2) is 5.17 Å². The highest BCUT2D eigenvalue weighted by molar-refractivity contribution is 8.13. The molecule has 4 heteroatoms. The van der Waals surface area contributed by atoms with Crippen molar-refractivity contribution in [3.63, 3.8) is 0 Å². The lowest BCUT2D eigenvalue weighted by Gasteiger charge is -2.13. The molecule has 2 N–H and O–H groups in total. The van der Waals surface area contributed by atoms with Crippen LogP contribution in [0.25, 0.3) is 0 Å². The van der Waals surface area contributed by atoms with Crippen LogP contribution in [-0.4, -0.2) is 10.9 Å². The topological polar surface area (TPSA) is 38.4 Å². The maximum absolute atomic E-state index is 13.8. The zero-order valence-corrected chi connectivity index (χ0v) is 9.64. The van der Waals surface area contributed by atoms with Crippen LogP contribution in [0.15, 0.2) is 29.3 Å². The molecule has 84 valence electrons. The second-order valence-corrected chi connectivity index (χ2v) is 5.51. The average molecular weight is 236 g/mol. The van der Waals surface area contributed by atoms with Gasteiger partial charge in [0.05, 0.1) is 5.54 Å². The molecule has 1 aliphatic heterocycles. The number of nitrogens with zero attached hydrogens (tertiary/aromatic N) is 1. The highest BCUT2D eigenvalue weighted by Crippen LogP contribution is 2.59. The van der Waals surface area contributed by atoms with Crippen LogP contribution in [0.3, 0.4) is 0 Å². The molecular weight excluding hydrogens is 223 g/mol. The van der Waals surface area contributed by atoms with E-state index in [1.165, 1.54) is 6.07 Å². The van der Waals surface area contributed by atoms with Crippen LogP contribution in [0.4, 0.5) is 4.39 Å². The van der Waals surface area contributed by atoms with E-state index in [9.17, 15) is 4.39 Å². The summed E-state index contributed by atoms with van der Waals surface area (Å²) in [6.45, 7) is 0. The van der Waals surface area contributed by atoms with Crippen LogP contribution in [-0.2, 0) is 5.54 Å². The fourth-order valence-electron chi connectivity index (χ4n) is 2.53. The molecule has 2 atom stereocenters. The molecule has 0 amide bonds. The molecule has 0 aromatic heterocycles. The SMILES string of the molecule is NC1=NC2(c3ccccc3F)CC2CCS1. The molecule has 0 spiro atoms. The van der Waals surface area contributed by atoms with Crippen LogP contribution in [0.5, 0.6) is 0 Å². The zero-order valence-electron chi connectivity index (χ0n) is 8.82. The van der Waals surface area contributed by atoms with Crippen LogP contribution in [0.2, 0.25) is 0 Å². The van der Waals surface area contributed by atoms with Gasteiger partial charge in [-0.05, 0) is 24.8 Å². The Labute approximate surface area is 98.1 Å². The van der Waals surface area contributed by atoms with Gasteiger partial charge in [-0.25, -0.2) is 4.39 Å². The Morgan fingerprint density at radius 1 is 1.44 bits per heavy atom. The molecule has 2 aliphatic rings. The Balaban J connectivity index is 2.06. The quantitative estimate of drug-likeness (QED) is 0.813. The first kappa shape index (κ1) is 10.1. The predicted molar refractivity (Wildman–Crippen MR) is 64.9 cm³/mol. The third-order valence-corrected chi connectivity index (χ3v) is 4.27. The van der Waals surface area contributed by atoms with Crippen molar-refractivity contribution in [3.8, 4) is 0 Å². The molecule has 0 saturated heterocycles. The Kier molecular flexibility index (Phi) is 2.21. The highest BCUT2D eigenvalue weighted by Gasteiger charge is 2.57. The molecule has 16 heavy (non-hydrogen) atoms. The van der Waals surface area contributed by atoms with Crippen molar-refractivity contribution in [3.05, 3.63) is 35.6 Å². The number of rotatable bonds is 1. The highest BCUT2D eigenvalue weighted by atomic mass is 32.2. The zero-order chi connectivity index (χ0) is 11.2. The first-order chi connectivity index (χ1) is 7.72. The van der Waals surface area contributed by atoms with Crippen molar-refractivity contribution in [1.29, 1.82) is 0 Å². The Bertz CT molecular complexity index is 460. The average Bonchev–Trinajstić information content (AvgIpc) is 2.93. The van der Waals surface area contributed by atoms with E-state index in [4.69, 9.17) is 5.73 Å². The largest absolute Gasteiger partial charge is 0.379 e. The fourth-order valence-corrected chi connectivity index (χ4v) is 3.37. The molecule has 1 aromatic carbocycles. The van der Waals surface area contributed by atoms with Gasteiger partial charge in [0.1, 0.15) is 5.82 Å². The van der Waals surface area contributed by atoms with Crippen LogP contribution in [0, 0.1) is 11.7 Å². The summed E-state index contributed by atoms with van der Waals surface area (Å²) < 4.78 is 13.8. The van der Waals surface area contributed by atoms with Gasteiger partial charge in [-0.1, -0.05) is 30.0 Å². The summed E-state index contributed by atoms with van der Waals surface area (Å²) in [4.78, 5) is 4.53. The van der Waals surface area contributed by atoms with Crippen molar-refractivity contribution >= 4 is 16.9 Å². The number of halogens is 1. The standard InChI is InChI=1S/C12H13FN2S/c13-10-4-2-1-3-9(10)12-7-8(12)5-6-16-11(14)15-12/h1-4,8H,5-7H2,(H2,14,15). The number of aliphatic imine (C=N–C) groups is 1. The van der Waals surface area contributed by atoms with Crippen LogP contribution < -0.4 is 5.73 Å². The maximum Gasteiger partial charge on any atom is 0.154 e. The van der Waals surface area contributed by atoms with E-state index in [1.807, 2.05) is 12.1 Å². The van der Waals surface area contributed by atoms with Crippen molar-refractivity contribution in [2.24, 2.45) is 16.6 Å². The summed E-state index contributed by atoms with van der Waals surface area (Å²) >= 11 is 1.58. The van der Waals surface area contributed by atoms with Crippen molar-refractivity contribution in [1.82, 2.24) is 0 Å². The molecule has 3 rings (SSSR count). The van der Waals surface area contributed by atoms with Crippen molar-refractivity contribution in [2.45, 2.75) is 18.4 Å². The van der Waals surface area contributed by atoms with Gasteiger partial charge < -0.3 is 5.73 Å². The molecule has 2 unspecified atom stereocenters. The van der Waals surface area contributed by atoms with E-state index < -0.39 is 0 Å². The molecule has 1 aliphatic carbocycles. The van der Waals surface area contributed by atoms with Gasteiger partial charge >= 0.3 is 0 Å². The van der Waals surface area contributed by atoms with E-state index in [2.05, 4.69) is 4.99 Å². The smallest absolute Gasteiger partial charge is 0.154 e. The lowest BCUT2D eigenvalue weighted by atomic mass is 10.0. The summed E-state index contributed by atoms with van der Waals surface area (Å²) in [5.41, 5.74) is 6.18. The molecular formula is C12H13FN2S. The second-order valence-electron chi connectivity index (χ2n) is 4.39. The third-order valence-electron chi connectivity index (χ3n) is 3.44. The molecule has 0 bridgehead atoms. The number of fused-ring (bicyclic) bond motifs is 1. The van der Waals surface area contributed by atoms with Gasteiger partial charge in [0.25, 0.3) is 0 Å². The second kappa shape index (κ2) is 3.48. The van der Waals surface area contributed by atoms with Crippen LogP contribution >= 0.6 is 11.8 Å². The first-order valence-corrected chi connectivity index (χ1v) is 6.44. The Hall–Kier alpha value is -1.03. The summed E-state index contributed by atoms with van der Waals surface area (Å²) in [7, 11) is 0. The number of benzene rings is 1. The molecule has 1 aromatic rings. The van der Waals surface area contributed by atoms with Gasteiger partial charge in [0, 0.05) is 11.3 Å². The van der Waals surface area contributed by atoms with Gasteiger partial charge in [0.2, 0.25) is 0 Å². The lowest BCUT2D eigenvalue weighted by molar-refractivity contribution is 0.551. The lowest BCUT2D eigenvalue weighted by Crippen LogP contribution is -2.14. The molecule has 1 saturated carbocycles. The first-order valence-electron chi connectivity index (χ1n) is 5.45. The summed E-state index contributed by atoms with van der Waals surface area (Å²) in [5, 5.41) is 0.600. The number of nitrogens with two attached hydrogens (primary N) is 1. The summed E-state index contributed by atoms with van der Waals surface area (Å²) in [5.74, 6) is 1.31. The van der Waals surface area contributed by atoms with E-state index >= 15 is 0 Å². The monoisotopic (exact) mass is 236 g/mol. The Morgan fingerprint density at radius 2 is 2.25 bits per heavy atom. The minimum absolute atomic E-state index is 0.159. The predicted octanol–water partition coefficient (Wildman–Crippen LogP) is 2.49. The van der Waals surface area contributed by atoms with E-state index in [0.717, 1.165) is 18.6 Å². The minimum Gasteiger partial charge on any atom is -0.379 e. The molecule has 1 heterocycles. The molecule has 1 fully saturated rings. The third kappa shape index (κ3) is 1.44. The van der Waals surface area contributed by atoms with Crippen molar-refractivity contribution < 1.29 is 4.39 Å². The summed E-state index contributed by atoms with van der Waals surface area (Å²) in [6, 6.07) is 6.92. The number of hydrogen-bond acceptors (Lipinski definition) is 3. The van der Waals surface area contributed by atoms with Crippen molar-refractivity contribution in [2.75, 3.05) is 5.75 Å². The number of hydrogen-bond donors (Lipinski definition) is 1. The number of thioether (sulfide) groups is 1. The minimum atomic E-state index is -0.348. The van der Waals surface area contributed by atoms with E-state index in [1.54, 1.807) is 17.8 Å². The maximum atomic E-state index is 13.8. The number of amidine groups is 1. The fraction of sp³-hybridized carbons (Fsp3) is 0.417. The van der Waals surface area contributed by atoms with Crippen LogP contribution in [0.1, 0.15) is 18.4 Å². The van der Waals surface area contributed by atoms with E-state index in [-0.39, 0.29) is 11.4 Å². The summed E-state index contributed by atoms with van der Waals surface area (Å²) in [6.07, 6.45) is 2.01. The molecule has 0 radical (unpaired) electrons.